The maximum atomic E-state index is 9.07. The van der Waals surface area contributed by atoms with E-state index in [0.29, 0.717) is 0 Å². The molecule has 102 valence electrons. The van der Waals surface area contributed by atoms with Crippen LogP contribution in [0.4, 0.5) is 0 Å². The Hall–Kier alpha value is -0.860. The highest BCUT2D eigenvalue weighted by Gasteiger charge is 2.16. The van der Waals surface area contributed by atoms with E-state index < -0.39 is 0 Å². The second-order valence-corrected chi connectivity index (χ2v) is 6.17. The van der Waals surface area contributed by atoms with Crippen molar-refractivity contribution in [3.05, 3.63) is 34.9 Å². The molecule has 0 aliphatic carbocycles. The molecule has 0 bridgehead atoms. The fourth-order valence-electron chi connectivity index (χ4n) is 2.24. The van der Waals surface area contributed by atoms with Gasteiger partial charge in [0, 0.05) is 19.1 Å². The number of hydrogen-bond donors (Lipinski definition) is 2. The molecule has 2 N–H and O–H groups in total. The monoisotopic (exact) mass is 250 g/mol. The lowest BCUT2D eigenvalue weighted by atomic mass is 9.82. The van der Waals surface area contributed by atoms with Gasteiger partial charge >= 0.3 is 0 Å². The zero-order chi connectivity index (χ0) is 13.8. The molecule has 0 amide bonds. The fraction of sp³-hybridized carbons (Fsp3) is 0.625. The third-order valence-electron chi connectivity index (χ3n) is 3.47. The van der Waals surface area contributed by atoms with Crippen molar-refractivity contribution in [2.75, 3.05) is 13.2 Å². The van der Waals surface area contributed by atoms with E-state index in [1.807, 2.05) is 0 Å². The molecule has 0 aliphatic heterocycles. The van der Waals surface area contributed by atoms with Gasteiger partial charge in [-0.25, -0.2) is 0 Å². The minimum absolute atomic E-state index is 0.00406. The van der Waals surface area contributed by atoms with Crippen molar-refractivity contribution in [1.82, 2.24) is 0 Å². The van der Waals surface area contributed by atoms with Crippen LogP contribution in [-0.2, 0) is 11.8 Å². The highest BCUT2D eigenvalue weighted by Crippen LogP contribution is 2.27. The molecule has 0 heterocycles. The Balaban J connectivity index is 2.80. The smallest absolute Gasteiger partial charge is 0.0481 e. The van der Waals surface area contributed by atoms with Gasteiger partial charge in [0.2, 0.25) is 0 Å². The normalized spacial score (nSPS) is 12.2. The molecule has 0 aliphatic rings. The molecule has 0 unspecified atom stereocenters. The highest BCUT2D eigenvalue weighted by molar-refractivity contribution is 5.35. The zero-order valence-corrected chi connectivity index (χ0v) is 12.0. The standard InChI is InChI=1S/C16H26O2/c1-12-5-6-13(7-8-14(10-17)11-18)9-15(12)16(2,3)4/h5-6,9,14,17-18H,7-8,10-11H2,1-4H3. The summed E-state index contributed by atoms with van der Waals surface area (Å²) in [5.74, 6) is 0.00406. The van der Waals surface area contributed by atoms with Crippen molar-refractivity contribution in [2.45, 2.75) is 46.0 Å². The van der Waals surface area contributed by atoms with Gasteiger partial charge in [-0.3, -0.25) is 0 Å². The van der Waals surface area contributed by atoms with Crippen molar-refractivity contribution in [3.8, 4) is 0 Å². The van der Waals surface area contributed by atoms with E-state index in [0.717, 1.165) is 12.8 Å². The van der Waals surface area contributed by atoms with E-state index in [1.54, 1.807) is 0 Å². The predicted molar refractivity (Wildman–Crippen MR) is 75.9 cm³/mol. The summed E-state index contributed by atoms with van der Waals surface area (Å²) in [6.45, 7) is 8.95. The summed E-state index contributed by atoms with van der Waals surface area (Å²) in [7, 11) is 0. The lowest BCUT2D eigenvalue weighted by Gasteiger charge is -2.23. The molecule has 18 heavy (non-hydrogen) atoms. The summed E-state index contributed by atoms with van der Waals surface area (Å²) >= 11 is 0. The fourth-order valence-corrected chi connectivity index (χ4v) is 2.24. The molecule has 2 heteroatoms. The number of aliphatic hydroxyl groups excluding tert-OH is 2. The molecule has 1 aromatic rings. The maximum Gasteiger partial charge on any atom is 0.0481 e. The molecule has 0 radical (unpaired) electrons. The average Bonchev–Trinajstić information content (AvgIpc) is 2.31. The van der Waals surface area contributed by atoms with Crippen molar-refractivity contribution < 1.29 is 10.2 Å². The van der Waals surface area contributed by atoms with Crippen LogP contribution in [0.2, 0.25) is 0 Å². The summed E-state index contributed by atoms with van der Waals surface area (Å²) in [5.41, 5.74) is 4.15. The SMILES string of the molecule is Cc1ccc(CCC(CO)CO)cc1C(C)(C)C. The molecule has 1 rings (SSSR count). The first-order valence-corrected chi connectivity index (χ1v) is 6.70. The Labute approximate surface area is 111 Å². The van der Waals surface area contributed by atoms with E-state index in [9.17, 15) is 0 Å². The van der Waals surface area contributed by atoms with Gasteiger partial charge in [-0.2, -0.15) is 0 Å². The number of rotatable bonds is 5. The van der Waals surface area contributed by atoms with Crippen LogP contribution in [0.5, 0.6) is 0 Å². The molecule has 0 saturated heterocycles. The number of hydrogen-bond acceptors (Lipinski definition) is 2. The Bertz CT molecular complexity index is 373. The van der Waals surface area contributed by atoms with Crippen LogP contribution in [0.15, 0.2) is 18.2 Å². The maximum absolute atomic E-state index is 9.07. The summed E-state index contributed by atoms with van der Waals surface area (Å²) in [6.07, 6.45) is 1.74. The summed E-state index contributed by atoms with van der Waals surface area (Å²) in [5, 5.41) is 18.1. The van der Waals surface area contributed by atoms with E-state index in [4.69, 9.17) is 10.2 Å². The van der Waals surface area contributed by atoms with E-state index in [-0.39, 0.29) is 24.5 Å². The van der Waals surface area contributed by atoms with Gasteiger partial charge in [-0.15, -0.1) is 0 Å². The Kier molecular flexibility index (Phi) is 5.36. The van der Waals surface area contributed by atoms with Crippen molar-refractivity contribution in [2.24, 2.45) is 5.92 Å². The number of benzene rings is 1. The lowest BCUT2D eigenvalue weighted by molar-refractivity contribution is 0.144. The van der Waals surface area contributed by atoms with E-state index in [1.165, 1.54) is 16.7 Å². The average molecular weight is 250 g/mol. The van der Waals surface area contributed by atoms with Crippen LogP contribution in [0.3, 0.4) is 0 Å². The first-order valence-electron chi connectivity index (χ1n) is 6.70. The molecule has 2 nitrogen and oxygen atoms in total. The van der Waals surface area contributed by atoms with Crippen molar-refractivity contribution in [1.29, 1.82) is 0 Å². The minimum atomic E-state index is 0.00406. The molecular weight excluding hydrogens is 224 g/mol. The predicted octanol–water partition coefficient (Wildman–Crippen LogP) is 2.83. The van der Waals surface area contributed by atoms with Crippen LogP contribution in [0.1, 0.15) is 43.9 Å². The zero-order valence-electron chi connectivity index (χ0n) is 12.0. The third kappa shape index (κ3) is 4.11. The molecule has 0 atom stereocenters. The summed E-state index contributed by atoms with van der Waals surface area (Å²) in [6, 6.07) is 6.58. The second kappa shape index (κ2) is 6.35. The molecule has 0 aromatic heterocycles. The van der Waals surface area contributed by atoms with Crippen LogP contribution in [0, 0.1) is 12.8 Å². The van der Waals surface area contributed by atoms with Gasteiger partial charge in [-0.05, 0) is 41.9 Å². The number of aryl methyl sites for hydroxylation is 2. The summed E-state index contributed by atoms with van der Waals surface area (Å²) in [4.78, 5) is 0. The topological polar surface area (TPSA) is 40.5 Å². The Morgan fingerprint density at radius 2 is 1.72 bits per heavy atom. The quantitative estimate of drug-likeness (QED) is 0.843. The van der Waals surface area contributed by atoms with E-state index in [2.05, 4.69) is 45.9 Å². The van der Waals surface area contributed by atoms with Gasteiger partial charge in [0.25, 0.3) is 0 Å². The van der Waals surface area contributed by atoms with Crippen LogP contribution in [-0.4, -0.2) is 23.4 Å². The lowest BCUT2D eigenvalue weighted by Crippen LogP contribution is -2.14. The Morgan fingerprint density at radius 1 is 1.11 bits per heavy atom. The number of aliphatic hydroxyl groups is 2. The van der Waals surface area contributed by atoms with Crippen LogP contribution < -0.4 is 0 Å². The molecule has 0 spiro atoms. The van der Waals surface area contributed by atoms with Gasteiger partial charge in [0.05, 0.1) is 0 Å². The Morgan fingerprint density at radius 3 is 2.22 bits per heavy atom. The van der Waals surface area contributed by atoms with Gasteiger partial charge < -0.3 is 10.2 Å². The highest BCUT2D eigenvalue weighted by atomic mass is 16.3. The van der Waals surface area contributed by atoms with Crippen LogP contribution >= 0.6 is 0 Å². The van der Waals surface area contributed by atoms with E-state index >= 15 is 0 Å². The van der Waals surface area contributed by atoms with Crippen molar-refractivity contribution >= 4 is 0 Å². The van der Waals surface area contributed by atoms with Crippen LogP contribution in [0.25, 0.3) is 0 Å². The first kappa shape index (κ1) is 15.2. The largest absolute Gasteiger partial charge is 0.396 e. The molecular formula is C16H26O2. The molecule has 0 fully saturated rings. The third-order valence-corrected chi connectivity index (χ3v) is 3.47. The van der Waals surface area contributed by atoms with Gasteiger partial charge in [-0.1, -0.05) is 39.0 Å². The van der Waals surface area contributed by atoms with Crippen molar-refractivity contribution in [3.63, 3.8) is 0 Å². The second-order valence-electron chi connectivity index (χ2n) is 6.17. The van der Waals surface area contributed by atoms with Gasteiger partial charge in [0.1, 0.15) is 0 Å². The first-order chi connectivity index (χ1) is 8.38. The molecule has 1 aromatic carbocycles. The van der Waals surface area contributed by atoms with Gasteiger partial charge in [0.15, 0.2) is 0 Å². The minimum Gasteiger partial charge on any atom is -0.396 e. The molecule has 0 saturated carbocycles. The summed E-state index contributed by atoms with van der Waals surface area (Å²) < 4.78 is 0.